The summed E-state index contributed by atoms with van der Waals surface area (Å²) in [7, 11) is 0. The molecule has 0 aliphatic heterocycles. The summed E-state index contributed by atoms with van der Waals surface area (Å²) in [5, 5.41) is 8.32. The van der Waals surface area contributed by atoms with Gasteiger partial charge in [0.2, 0.25) is 0 Å². The van der Waals surface area contributed by atoms with E-state index in [2.05, 4.69) is 0 Å². The van der Waals surface area contributed by atoms with Gasteiger partial charge < -0.3 is 11.3 Å². The van der Waals surface area contributed by atoms with E-state index in [4.69, 9.17) is 5.11 Å². The Morgan fingerprint density at radius 3 is 2.15 bits per heavy atom. The van der Waals surface area contributed by atoms with Crippen molar-refractivity contribution in [2.75, 3.05) is 0 Å². The molecule has 0 saturated heterocycles. The molecule has 0 heterocycles. The highest BCUT2D eigenvalue weighted by Gasteiger charge is 2.08. The van der Waals surface area contributed by atoms with Crippen LogP contribution in [0.1, 0.15) is 16.8 Å². The van der Waals surface area contributed by atoms with Gasteiger partial charge >= 0.3 is 5.97 Å². The van der Waals surface area contributed by atoms with Gasteiger partial charge in [-0.3, -0.25) is 9.59 Å². The van der Waals surface area contributed by atoms with Crippen molar-refractivity contribution in [1.82, 2.24) is 6.15 Å². The number of ketones is 1. The molecular weight excluding hydrogens is 170 g/mol. The number of hydrogen-bond donors (Lipinski definition) is 2. The van der Waals surface area contributed by atoms with Gasteiger partial charge in [0, 0.05) is 5.56 Å². The van der Waals surface area contributed by atoms with Crippen molar-refractivity contribution in [3.63, 3.8) is 0 Å². The average Bonchev–Trinajstić information content (AvgIpc) is 2.05. The number of carbonyl (C=O) groups excluding carboxylic acids is 1. The second-order valence-electron chi connectivity index (χ2n) is 2.36. The fourth-order valence-corrected chi connectivity index (χ4v) is 0.863. The van der Waals surface area contributed by atoms with Crippen molar-refractivity contribution in [2.24, 2.45) is 0 Å². The van der Waals surface area contributed by atoms with E-state index in [1.807, 2.05) is 0 Å². The average molecular weight is 181 g/mol. The van der Waals surface area contributed by atoms with Crippen LogP contribution in [0, 0.1) is 0 Å². The first kappa shape index (κ1) is 11.3. The molecule has 1 rings (SSSR count). The molecule has 4 heteroatoms. The van der Waals surface area contributed by atoms with E-state index in [0.717, 1.165) is 0 Å². The van der Waals surface area contributed by atoms with Crippen molar-refractivity contribution in [3.8, 4) is 0 Å². The second kappa shape index (κ2) is 5.05. The minimum Gasteiger partial charge on any atom is -0.481 e. The fourth-order valence-electron chi connectivity index (χ4n) is 0.863. The molecule has 0 saturated carbocycles. The first-order valence-corrected chi connectivity index (χ1v) is 3.50. The van der Waals surface area contributed by atoms with Crippen LogP contribution in [-0.4, -0.2) is 16.9 Å². The van der Waals surface area contributed by atoms with E-state index in [-0.39, 0.29) is 11.9 Å². The Labute approximate surface area is 75.8 Å². The third kappa shape index (κ3) is 3.48. The lowest BCUT2D eigenvalue weighted by atomic mass is 10.1. The number of benzene rings is 1. The van der Waals surface area contributed by atoms with Crippen LogP contribution in [0.3, 0.4) is 0 Å². The van der Waals surface area contributed by atoms with Crippen LogP contribution in [-0.2, 0) is 4.79 Å². The molecule has 0 aliphatic carbocycles. The van der Waals surface area contributed by atoms with Crippen LogP contribution in [0.15, 0.2) is 30.3 Å². The number of carboxylic acids is 1. The summed E-state index contributed by atoms with van der Waals surface area (Å²) in [5.41, 5.74) is 0.444. The van der Waals surface area contributed by atoms with E-state index < -0.39 is 12.4 Å². The second-order valence-corrected chi connectivity index (χ2v) is 2.36. The maximum absolute atomic E-state index is 11.1. The van der Waals surface area contributed by atoms with Gasteiger partial charge in [-0.05, 0) is 0 Å². The van der Waals surface area contributed by atoms with Crippen LogP contribution >= 0.6 is 0 Å². The predicted octanol–water partition coefficient (Wildman–Crippen LogP) is 1.51. The van der Waals surface area contributed by atoms with Gasteiger partial charge in [-0.15, -0.1) is 0 Å². The summed E-state index contributed by atoms with van der Waals surface area (Å²) >= 11 is 0. The Bertz CT molecular complexity index is 295. The number of Topliss-reactive ketones (excluding diaryl/α,β-unsaturated/α-hetero) is 1. The molecular formula is C9H11NO3. The standard InChI is InChI=1S/C9H8O3.H3N/c10-8(6-9(11)12)7-4-2-1-3-5-7;/h1-5H,6H2,(H,11,12);1H3. The molecule has 0 bridgehead atoms. The van der Waals surface area contributed by atoms with Crippen LogP contribution in [0.25, 0.3) is 0 Å². The summed E-state index contributed by atoms with van der Waals surface area (Å²) in [6, 6.07) is 8.39. The highest BCUT2D eigenvalue weighted by molar-refractivity contribution is 6.05. The highest BCUT2D eigenvalue weighted by atomic mass is 16.4. The van der Waals surface area contributed by atoms with E-state index in [9.17, 15) is 9.59 Å². The molecule has 0 radical (unpaired) electrons. The normalized spacial score (nSPS) is 8.62. The number of rotatable bonds is 3. The lowest BCUT2D eigenvalue weighted by molar-refractivity contribution is -0.135. The number of aliphatic carboxylic acids is 1. The van der Waals surface area contributed by atoms with Gasteiger partial charge in [0.25, 0.3) is 0 Å². The first-order chi connectivity index (χ1) is 5.70. The minimum absolute atomic E-state index is 0. The SMILES string of the molecule is N.O=C(O)CC(=O)c1ccccc1. The third-order valence-corrected chi connectivity index (χ3v) is 1.41. The van der Waals surface area contributed by atoms with E-state index in [1.165, 1.54) is 0 Å². The molecule has 4 nitrogen and oxygen atoms in total. The lowest BCUT2D eigenvalue weighted by Gasteiger charge is -1.95. The Morgan fingerprint density at radius 2 is 1.69 bits per heavy atom. The lowest BCUT2D eigenvalue weighted by Crippen LogP contribution is -2.06. The molecule has 0 amide bonds. The molecule has 1 aromatic rings. The van der Waals surface area contributed by atoms with Crippen LogP contribution in [0.4, 0.5) is 0 Å². The Morgan fingerprint density at radius 1 is 1.15 bits per heavy atom. The molecule has 70 valence electrons. The summed E-state index contributed by atoms with van der Waals surface area (Å²) < 4.78 is 0. The number of carboxylic acid groups (broad SMARTS) is 1. The van der Waals surface area contributed by atoms with Crippen molar-refractivity contribution in [1.29, 1.82) is 0 Å². The largest absolute Gasteiger partial charge is 0.481 e. The van der Waals surface area contributed by atoms with Crippen molar-refractivity contribution in [2.45, 2.75) is 6.42 Å². The van der Waals surface area contributed by atoms with Gasteiger partial charge in [-0.2, -0.15) is 0 Å². The summed E-state index contributed by atoms with van der Waals surface area (Å²) in [4.78, 5) is 21.2. The van der Waals surface area contributed by atoms with Gasteiger partial charge in [-0.25, -0.2) is 0 Å². The summed E-state index contributed by atoms with van der Waals surface area (Å²) in [6.07, 6.45) is -0.440. The van der Waals surface area contributed by atoms with Gasteiger partial charge in [0.15, 0.2) is 5.78 Å². The maximum atomic E-state index is 11.1. The van der Waals surface area contributed by atoms with Gasteiger partial charge in [0.05, 0.1) is 0 Å². The van der Waals surface area contributed by atoms with Crippen LogP contribution in [0.5, 0.6) is 0 Å². The Hall–Kier alpha value is -1.68. The van der Waals surface area contributed by atoms with Crippen molar-refractivity contribution < 1.29 is 14.7 Å². The van der Waals surface area contributed by atoms with Crippen molar-refractivity contribution >= 4 is 11.8 Å². The molecule has 1 aromatic carbocycles. The molecule has 4 N–H and O–H groups in total. The zero-order valence-electron chi connectivity index (χ0n) is 7.06. The smallest absolute Gasteiger partial charge is 0.311 e. The van der Waals surface area contributed by atoms with E-state index in [0.29, 0.717) is 5.56 Å². The van der Waals surface area contributed by atoms with E-state index >= 15 is 0 Å². The maximum Gasteiger partial charge on any atom is 0.311 e. The number of carbonyl (C=O) groups is 2. The first-order valence-electron chi connectivity index (χ1n) is 3.50. The Kier molecular flexibility index (Phi) is 4.40. The molecule has 0 fully saturated rings. The Balaban J connectivity index is 0.00000144. The fraction of sp³-hybridized carbons (Fsp3) is 0.111. The zero-order valence-corrected chi connectivity index (χ0v) is 7.06. The topological polar surface area (TPSA) is 89.4 Å². The molecule has 0 atom stereocenters. The van der Waals surface area contributed by atoms with Crippen LogP contribution < -0.4 is 6.15 Å². The summed E-state index contributed by atoms with van der Waals surface area (Å²) in [5.74, 6) is -1.45. The molecule has 13 heavy (non-hydrogen) atoms. The third-order valence-electron chi connectivity index (χ3n) is 1.41. The van der Waals surface area contributed by atoms with E-state index in [1.54, 1.807) is 30.3 Å². The predicted molar refractivity (Wildman–Crippen MR) is 48.0 cm³/mol. The highest BCUT2D eigenvalue weighted by Crippen LogP contribution is 2.02. The monoisotopic (exact) mass is 181 g/mol. The quantitative estimate of drug-likeness (QED) is 0.546. The molecule has 0 aromatic heterocycles. The van der Waals surface area contributed by atoms with Gasteiger partial charge in [-0.1, -0.05) is 30.3 Å². The van der Waals surface area contributed by atoms with Gasteiger partial charge in [0.1, 0.15) is 6.42 Å². The molecule has 0 aliphatic rings. The summed E-state index contributed by atoms with van der Waals surface area (Å²) in [6.45, 7) is 0. The van der Waals surface area contributed by atoms with Crippen molar-refractivity contribution in [3.05, 3.63) is 35.9 Å². The minimum atomic E-state index is -1.09. The zero-order chi connectivity index (χ0) is 8.97. The molecule has 0 spiro atoms. The number of hydrogen-bond acceptors (Lipinski definition) is 3. The van der Waals surface area contributed by atoms with Crippen LogP contribution in [0.2, 0.25) is 0 Å². The molecule has 0 unspecified atom stereocenters.